The lowest BCUT2D eigenvalue weighted by Gasteiger charge is -2.39. The van der Waals surface area contributed by atoms with Gasteiger partial charge in [0.2, 0.25) is 17.5 Å². The average Bonchev–Trinajstić information content (AvgIpc) is 2.77. The lowest BCUT2D eigenvalue weighted by Crippen LogP contribution is -2.60. The van der Waals surface area contributed by atoms with Gasteiger partial charge in [-0.05, 0) is 29.8 Å². The Morgan fingerprint density at radius 3 is 2.32 bits per heavy atom. The first-order valence-electron chi connectivity index (χ1n) is 9.36. The van der Waals surface area contributed by atoms with Crippen LogP contribution in [0.25, 0.3) is 22.1 Å². The molecule has 0 bridgehead atoms. The van der Waals surface area contributed by atoms with Gasteiger partial charge in [0.1, 0.15) is 36.4 Å². The minimum atomic E-state index is -1.67. The second-order valence-corrected chi connectivity index (χ2v) is 7.13. The molecule has 10 heteroatoms. The van der Waals surface area contributed by atoms with E-state index in [9.17, 15) is 35.4 Å². The molecule has 0 aliphatic carbocycles. The van der Waals surface area contributed by atoms with Crippen molar-refractivity contribution in [3.63, 3.8) is 0 Å². The van der Waals surface area contributed by atoms with E-state index in [1.807, 2.05) is 0 Å². The maximum atomic E-state index is 12.9. The summed E-state index contributed by atoms with van der Waals surface area (Å²) in [7, 11) is 0. The van der Waals surface area contributed by atoms with Crippen molar-refractivity contribution in [2.45, 2.75) is 30.7 Å². The Hall–Kier alpha value is -3.15. The first kappa shape index (κ1) is 21.1. The number of hydrogen-bond acceptors (Lipinski definition) is 10. The van der Waals surface area contributed by atoms with Gasteiger partial charge in [-0.3, -0.25) is 4.79 Å². The van der Waals surface area contributed by atoms with Crippen molar-refractivity contribution in [2.75, 3.05) is 6.61 Å². The summed E-state index contributed by atoms with van der Waals surface area (Å²) in [5, 5.41) is 59.1. The number of fused-ring (bicyclic) bond motifs is 1. The molecule has 1 fully saturated rings. The zero-order valence-corrected chi connectivity index (χ0v) is 16.0. The summed E-state index contributed by atoms with van der Waals surface area (Å²) >= 11 is 0. The Bertz CT molecular complexity index is 1140. The topological polar surface area (TPSA) is 170 Å². The number of aliphatic hydroxyl groups is 4. The first-order valence-corrected chi connectivity index (χ1v) is 9.36. The Labute approximate surface area is 174 Å². The summed E-state index contributed by atoms with van der Waals surface area (Å²) in [6, 6.07) is 8.55. The number of benzene rings is 2. The normalized spacial score (nSPS) is 26.1. The number of phenols is 2. The molecule has 1 aromatic heterocycles. The van der Waals surface area contributed by atoms with Gasteiger partial charge in [-0.2, -0.15) is 0 Å². The van der Waals surface area contributed by atoms with Gasteiger partial charge in [0.05, 0.1) is 17.6 Å². The molecule has 3 aromatic rings. The third-order valence-electron chi connectivity index (χ3n) is 5.15. The van der Waals surface area contributed by atoms with Crippen LogP contribution in [0.5, 0.6) is 17.2 Å². The predicted octanol–water partition coefficient (Wildman–Crippen LogP) is 0.0499. The summed E-state index contributed by atoms with van der Waals surface area (Å²) in [6.45, 7) is -0.635. The number of rotatable bonds is 4. The van der Waals surface area contributed by atoms with E-state index in [4.69, 9.17) is 13.9 Å². The molecular formula is C21H20O10. The lowest BCUT2D eigenvalue weighted by atomic mass is 9.99. The molecule has 1 aliphatic heterocycles. The van der Waals surface area contributed by atoms with Crippen molar-refractivity contribution in [3.8, 4) is 28.4 Å². The molecule has 0 unspecified atom stereocenters. The van der Waals surface area contributed by atoms with Crippen LogP contribution >= 0.6 is 0 Å². The van der Waals surface area contributed by atoms with Crippen LogP contribution in [0.1, 0.15) is 0 Å². The molecule has 0 spiro atoms. The van der Waals surface area contributed by atoms with E-state index >= 15 is 0 Å². The molecule has 4 rings (SSSR count). The van der Waals surface area contributed by atoms with E-state index in [0.29, 0.717) is 5.56 Å². The monoisotopic (exact) mass is 432 g/mol. The molecule has 0 amide bonds. The molecular weight excluding hydrogens is 412 g/mol. The van der Waals surface area contributed by atoms with Crippen LogP contribution in [-0.2, 0) is 4.74 Å². The predicted molar refractivity (Wildman–Crippen MR) is 106 cm³/mol. The Kier molecular flexibility index (Phi) is 5.56. The van der Waals surface area contributed by atoms with E-state index in [2.05, 4.69) is 0 Å². The molecule has 0 saturated carbocycles. The molecule has 5 atom stereocenters. The molecule has 2 heterocycles. The van der Waals surface area contributed by atoms with E-state index in [-0.39, 0.29) is 28.0 Å². The fourth-order valence-electron chi connectivity index (χ4n) is 3.39. The highest BCUT2D eigenvalue weighted by molar-refractivity contribution is 5.87. The van der Waals surface area contributed by atoms with Crippen LogP contribution in [0.3, 0.4) is 0 Å². The van der Waals surface area contributed by atoms with Crippen LogP contribution in [0, 0.1) is 0 Å². The fraction of sp³-hybridized carbons (Fsp3) is 0.286. The SMILES string of the molecule is O=c1c(-c2ccc(O)cc2)coc2c(O)c(O[C@@H]3O[C@H](CO)[C@H](O)[C@H](O)[C@H]3O)ccc12. The number of hydrogen-bond donors (Lipinski definition) is 6. The van der Waals surface area contributed by atoms with Crippen molar-refractivity contribution in [1.82, 2.24) is 0 Å². The maximum Gasteiger partial charge on any atom is 0.229 e. The zero-order valence-electron chi connectivity index (χ0n) is 16.0. The molecule has 1 saturated heterocycles. The third-order valence-corrected chi connectivity index (χ3v) is 5.15. The van der Waals surface area contributed by atoms with Crippen LogP contribution in [0.15, 0.2) is 51.9 Å². The van der Waals surface area contributed by atoms with Gasteiger partial charge in [0.15, 0.2) is 11.3 Å². The van der Waals surface area contributed by atoms with Crippen molar-refractivity contribution in [1.29, 1.82) is 0 Å². The van der Waals surface area contributed by atoms with Gasteiger partial charge < -0.3 is 44.5 Å². The number of ether oxygens (including phenoxy) is 2. The molecule has 31 heavy (non-hydrogen) atoms. The van der Waals surface area contributed by atoms with Crippen LogP contribution in [-0.4, -0.2) is 68.0 Å². The Morgan fingerprint density at radius 1 is 0.935 bits per heavy atom. The second kappa shape index (κ2) is 8.17. The third kappa shape index (κ3) is 3.71. The van der Waals surface area contributed by atoms with Crippen LogP contribution in [0.4, 0.5) is 0 Å². The highest BCUT2D eigenvalue weighted by Crippen LogP contribution is 2.36. The van der Waals surface area contributed by atoms with E-state index < -0.39 is 48.5 Å². The molecule has 164 valence electrons. The smallest absolute Gasteiger partial charge is 0.229 e. The fourth-order valence-corrected chi connectivity index (χ4v) is 3.39. The van der Waals surface area contributed by atoms with Crippen molar-refractivity contribution >= 4 is 11.0 Å². The van der Waals surface area contributed by atoms with Crippen LogP contribution in [0.2, 0.25) is 0 Å². The van der Waals surface area contributed by atoms with Gasteiger partial charge in [0, 0.05) is 0 Å². The Balaban J connectivity index is 1.68. The van der Waals surface area contributed by atoms with Gasteiger partial charge in [0.25, 0.3) is 0 Å². The minimum Gasteiger partial charge on any atom is -0.508 e. The lowest BCUT2D eigenvalue weighted by molar-refractivity contribution is -0.277. The van der Waals surface area contributed by atoms with Gasteiger partial charge in [-0.1, -0.05) is 12.1 Å². The quantitative estimate of drug-likeness (QED) is 0.331. The minimum absolute atomic E-state index is 0.0431. The second-order valence-electron chi connectivity index (χ2n) is 7.13. The van der Waals surface area contributed by atoms with Crippen LogP contribution < -0.4 is 10.2 Å². The van der Waals surface area contributed by atoms with Crippen molar-refractivity contribution in [2.24, 2.45) is 0 Å². The summed E-state index contributed by atoms with van der Waals surface area (Å²) < 4.78 is 16.1. The van der Waals surface area contributed by atoms with E-state index in [0.717, 1.165) is 6.26 Å². The number of aromatic hydroxyl groups is 2. The van der Waals surface area contributed by atoms with Crippen molar-refractivity contribution in [3.05, 3.63) is 52.9 Å². The maximum absolute atomic E-state index is 12.9. The van der Waals surface area contributed by atoms with Gasteiger partial charge in [-0.15, -0.1) is 0 Å². The molecule has 1 aliphatic rings. The molecule has 10 nitrogen and oxygen atoms in total. The number of aliphatic hydroxyl groups excluding tert-OH is 4. The Morgan fingerprint density at radius 2 is 1.65 bits per heavy atom. The standard InChI is InChI=1S/C21H20O10/c22-7-14-16(25)18(27)19(28)21(31-14)30-13-6-5-11-15(24)12(8-29-20(11)17(13)26)9-1-3-10(23)4-2-9/h1-6,8,14,16,18-19,21-23,25-28H,7H2/t14-,16+,18+,19-,21-/m1/s1. The average molecular weight is 432 g/mol. The summed E-state index contributed by atoms with van der Waals surface area (Å²) in [4.78, 5) is 12.9. The van der Waals surface area contributed by atoms with Gasteiger partial charge in [-0.25, -0.2) is 0 Å². The first-order chi connectivity index (χ1) is 14.8. The summed E-state index contributed by atoms with van der Waals surface area (Å²) in [6.07, 6.45) is -6.41. The molecule has 2 aromatic carbocycles. The highest BCUT2D eigenvalue weighted by Gasteiger charge is 2.45. The van der Waals surface area contributed by atoms with Crippen molar-refractivity contribution < 1.29 is 44.5 Å². The summed E-state index contributed by atoms with van der Waals surface area (Å²) in [5.74, 6) is -0.706. The highest BCUT2D eigenvalue weighted by atomic mass is 16.7. The molecule has 0 radical (unpaired) electrons. The largest absolute Gasteiger partial charge is 0.508 e. The summed E-state index contributed by atoms with van der Waals surface area (Å²) in [5.41, 5.74) is 0.125. The number of phenolic OH excluding ortho intramolecular Hbond substituents is 2. The van der Waals surface area contributed by atoms with Gasteiger partial charge >= 0.3 is 0 Å². The molecule has 6 N–H and O–H groups in total. The van der Waals surface area contributed by atoms with E-state index in [1.54, 1.807) is 12.1 Å². The van der Waals surface area contributed by atoms with E-state index in [1.165, 1.54) is 24.3 Å². The zero-order chi connectivity index (χ0) is 22.3.